The Balaban J connectivity index is 1.81. The maximum Gasteiger partial charge on any atom is 0.474 e. The van der Waals surface area contributed by atoms with Gasteiger partial charge in [0, 0.05) is 14.2 Å². The third kappa shape index (κ3) is 6.04. The molecular weight excluding hydrogens is 383 g/mol. The summed E-state index contributed by atoms with van der Waals surface area (Å²) in [5.74, 6) is 0.141. The molecule has 0 aliphatic rings. The summed E-state index contributed by atoms with van der Waals surface area (Å²) in [4.78, 5) is 12.3. The number of hydrogen-bond acceptors (Lipinski definition) is 7. The fourth-order valence-electron chi connectivity index (χ4n) is 2.63. The highest BCUT2D eigenvalue weighted by Crippen LogP contribution is 2.47. The molecule has 0 aromatic heterocycles. The zero-order valence-electron chi connectivity index (χ0n) is 16.7. The van der Waals surface area contributed by atoms with Crippen molar-refractivity contribution in [3.63, 3.8) is 0 Å². The van der Waals surface area contributed by atoms with Crippen LogP contribution in [0.15, 0.2) is 36.4 Å². The van der Waals surface area contributed by atoms with Crippen LogP contribution in [-0.2, 0) is 27.7 Å². The molecule has 0 amide bonds. The van der Waals surface area contributed by atoms with E-state index >= 15 is 0 Å². The minimum absolute atomic E-state index is 0.195. The summed E-state index contributed by atoms with van der Waals surface area (Å²) >= 11 is 0. The van der Waals surface area contributed by atoms with Crippen molar-refractivity contribution in [1.82, 2.24) is 0 Å². The summed E-state index contributed by atoms with van der Waals surface area (Å²) in [6.07, 6.45) is 1.15. The molecule has 1 atom stereocenters. The number of unbranched alkanes of at least 4 members (excludes halogenated alkanes) is 1. The number of fused-ring (bicyclic) bond motifs is 1. The van der Waals surface area contributed by atoms with Gasteiger partial charge in [-0.2, -0.15) is 0 Å². The van der Waals surface area contributed by atoms with Gasteiger partial charge < -0.3 is 9.47 Å². The predicted molar refractivity (Wildman–Crippen MR) is 107 cm³/mol. The monoisotopic (exact) mass is 410 g/mol. The molecule has 0 spiro atoms. The smallest absolute Gasteiger partial charge is 0.474 e. The Hall–Kier alpha value is -1.92. The van der Waals surface area contributed by atoms with Gasteiger partial charge in [0.25, 0.3) is 0 Å². The van der Waals surface area contributed by atoms with Gasteiger partial charge in [0.2, 0.25) is 0 Å². The number of carbonyl (C=O) groups excluding carboxylic acids is 1. The Kier molecular flexibility index (Phi) is 8.45. The van der Waals surface area contributed by atoms with Gasteiger partial charge in [0.05, 0.1) is 26.2 Å². The minimum Gasteiger partial charge on any atom is -0.497 e. The topological polar surface area (TPSA) is 80.3 Å². The van der Waals surface area contributed by atoms with Crippen molar-refractivity contribution >= 4 is 24.6 Å². The molecule has 0 saturated heterocycles. The number of hydrogen-bond donors (Lipinski definition) is 0. The van der Waals surface area contributed by atoms with Crippen molar-refractivity contribution in [3.8, 4) is 5.75 Å². The van der Waals surface area contributed by atoms with Gasteiger partial charge in [0.1, 0.15) is 5.75 Å². The molecule has 8 heteroatoms. The van der Waals surface area contributed by atoms with Gasteiger partial charge in [-0.15, -0.1) is 0 Å². The first-order valence-corrected chi connectivity index (χ1v) is 10.5. The summed E-state index contributed by atoms with van der Waals surface area (Å²) in [6, 6.07) is 11.7. The van der Waals surface area contributed by atoms with Crippen molar-refractivity contribution in [3.05, 3.63) is 42.0 Å². The number of phosphoric ester groups is 1. The van der Waals surface area contributed by atoms with Crippen molar-refractivity contribution in [2.75, 3.05) is 34.5 Å². The van der Waals surface area contributed by atoms with E-state index in [0.717, 1.165) is 22.1 Å². The van der Waals surface area contributed by atoms with E-state index in [0.29, 0.717) is 12.8 Å². The first-order chi connectivity index (χ1) is 13.4. The quantitative estimate of drug-likeness (QED) is 0.302. The molecule has 0 radical (unpaired) electrons. The van der Waals surface area contributed by atoms with Crippen LogP contribution in [0.1, 0.15) is 31.2 Å². The zero-order valence-corrected chi connectivity index (χ0v) is 17.6. The second-order valence-corrected chi connectivity index (χ2v) is 8.10. The Labute approximate surface area is 165 Å². The van der Waals surface area contributed by atoms with Crippen LogP contribution in [0, 0.1) is 0 Å². The van der Waals surface area contributed by atoms with Crippen LogP contribution in [0.5, 0.6) is 5.75 Å². The van der Waals surface area contributed by atoms with Crippen LogP contribution < -0.4 is 4.74 Å². The van der Waals surface area contributed by atoms with E-state index in [-0.39, 0.29) is 25.1 Å². The molecule has 0 bridgehead atoms. The van der Waals surface area contributed by atoms with Gasteiger partial charge in [0.15, 0.2) is 0 Å². The van der Waals surface area contributed by atoms with E-state index in [9.17, 15) is 9.36 Å². The van der Waals surface area contributed by atoms with Gasteiger partial charge in [-0.1, -0.05) is 24.3 Å². The van der Waals surface area contributed by atoms with Crippen molar-refractivity contribution in [2.45, 2.75) is 25.7 Å². The Bertz CT molecular complexity index is 828. The molecule has 0 fully saturated rings. The second-order valence-electron chi connectivity index (χ2n) is 6.21. The molecule has 0 heterocycles. The van der Waals surface area contributed by atoms with Crippen LogP contribution in [0.2, 0.25) is 0 Å². The van der Waals surface area contributed by atoms with Crippen LogP contribution in [0.4, 0.5) is 0 Å². The van der Waals surface area contributed by atoms with Gasteiger partial charge in [-0.05, 0) is 48.2 Å². The van der Waals surface area contributed by atoms with Crippen LogP contribution in [0.3, 0.4) is 0 Å². The van der Waals surface area contributed by atoms with E-state index in [4.69, 9.17) is 14.0 Å². The van der Waals surface area contributed by atoms with E-state index in [1.807, 2.05) is 43.3 Å². The molecule has 0 saturated carbocycles. The summed E-state index contributed by atoms with van der Waals surface area (Å²) in [5, 5.41) is 2.09. The van der Waals surface area contributed by atoms with Gasteiger partial charge in [-0.25, -0.2) is 4.57 Å². The molecule has 7 nitrogen and oxygen atoms in total. The largest absolute Gasteiger partial charge is 0.497 e. The summed E-state index contributed by atoms with van der Waals surface area (Å²) < 4.78 is 36.7. The summed E-state index contributed by atoms with van der Waals surface area (Å²) in [7, 11) is 0.708. The average molecular weight is 410 g/mol. The van der Waals surface area contributed by atoms with Crippen molar-refractivity contribution in [1.29, 1.82) is 0 Å². The lowest BCUT2D eigenvalue weighted by Gasteiger charge is -2.14. The average Bonchev–Trinajstić information content (AvgIpc) is 2.74. The van der Waals surface area contributed by atoms with Gasteiger partial charge in [-0.3, -0.25) is 18.4 Å². The lowest BCUT2D eigenvalue weighted by Crippen LogP contribution is -2.14. The molecule has 0 N–H and O–H groups in total. The highest BCUT2D eigenvalue weighted by atomic mass is 31.2. The van der Waals surface area contributed by atoms with Gasteiger partial charge >= 0.3 is 13.8 Å². The zero-order chi connectivity index (χ0) is 20.6. The van der Waals surface area contributed by atoms with E-state index in [1.54, 1.807) is 7.11 Å². The van der Waals surface area contributed by atoms with Crippen LogP contribution in [-0.4, -0.2) is 40.5 Å². The molecule has 1 unspecified atom stereocenters. The van der Waals surface area contributed by atoms with Crippen LogP contribution >= 0.6 is 7.82 Å². The lowest BCUT2D eigenvalue weighted by molar-refractivity contribution is -0.145. The van der Waals surface area contributed by atoms with E-state index in [2.05, 4.69) is 9.05 Å². The first-order valence-electron chi connectivity index (χ1n) is 9.03. The summed E-state index contributed by atoms with van der Waals surface area (Å²) in [6.45, 7) is 2.28. The summed E-state index contributed by atoms with van der Waals surface area (Å²) in [5.41, 5.74) is 0.895. The molecule has 154 valence electrons. The van der Waals surface area contributed by atoms with E-state index in [1.165, 1.54) is 14.2 Å². The number of phosphoric acid groups is 1. The fourth-order valence-corrected chi connectivity index (χ4v) is 3.35. The molecule has 0 aliphatic heterocycles. The third-order valence-corrected chi connectivity index (χ3v) is 5.80. The number of ether oxygens (including phenoxy) is 2. The number of rotatable bonds is 11. The second kappa shape index (κ2) is 10.6. The highest BCUT2D eigenvalue weighted by molar-refractivity contribution is 7.48. The maximum absolute atomic E-state index is 12.3. The Morgan fingerprint density at radius 1 is 0.964 bits per heavy atom. The maximum atomic E-state index is 12.3. The normalized spacial score (nSPS) is 12.7. The number of esters is 1. The standard InChI is InChI=1S/C20H27O7P/c1-15(16-7-8-18-14-19(23-2)10-9-17(18)13-16)20(21)26-11-5-6-12-27-28(22,24-3)25-4/h7-10,13-15H,5-6,11-12H2,1-4H3. The van der Waals surface area contributed by atoms with Crippen molar-refractivity contribution in [2.24, 2.45) is 0 Å². The SMILES string of the molecule is COc1ccc2cc(C(C)C(=O)OCCCCOP(=O)(OC)OC)ccc2c1. The molecule has 0 aliphatic carbocycles. The van der Waals surface area contributed by atoms with E-state index < -0.39 is 7.82 Å². The van der Waals surface area contributed by atoms with Crippen molar-refractivity contribution < 1.29 is 32.4 Å². The number of carbonyl (C=O) groups is 1. The Morgan fingerprint density at radius 3 is 2.29 bits per heavy atom. The molecule has 2 aromatic carbocycles. The van der Waals surface area contributed by atoms with Crippen LogP contribution in [0.25, 0.3) is 10.8 Å². The predicted octanol–water partition coefficient (Wildman–Crippen LogP) is 4.69. The fraction of sp³-hybridized carbons (Fsp3) is 0.450. The number of benzene rings is 2. The molecule has 2 rings (SSSR count). The first kappa shape index (κ1) is 22.4. The molecule has 2 aromatic rings. The molecular formula is C20H27O7P. The minimum atomic E-state index is -3.45. The molecule has 28 heavy (non-hydrogen) atoms. The Morgan fingerprint density at radius 2 is 1.61 bits per heavy atom. The third-order valence-electron chi connectivity index (χ3n) is 4.40. The highest BCUT2D eigenvalue weighted by Gasteiger charge is 2.22. The lowest BCUT2D eigenvalue weighted by atomic mass is 9.98. The number of methoxy groups -OCH3 is 1.